The lowest BCUT2D eigenvalue weighted by Gasteiger charge is -2.27. The smallest absolute Gasteiger partial charge is 0.0188 e. The van der Waals surface area contributed by atoms with E-state index < -0.39 is 0 Å². The van der Waals surface area contributed by atoms with Crippen LogP contribution in [-0.4, -0.2) is 0 Å². The predicted octanol–water partition coefficient (Wildman–Crippen LogP) is 6.80. The summed E-state index contributed by atoms with van der Waals surface area (Å²) < 4.78 is 0. The molecule has 0 N–H and O–H groups in total. The van der Waals surface area contributed by atoms with Gasteiger partial charge < -0.3 is 0 Å². The zero-order valence-corrected chi connectivity index (χ0v) is 14.1. The Hall–Kier alpha value is -0.780. The van der Waals surface area contributed by atoms with Crippen LogP contribution in [-0.2, 0) is 0 Å². The van der Waals surface area contributed by atoms with Crippen molar-refractivity contribution >= 4 is 0 Å². The van der Waals surface area contributed by atoms with Crippen LogP contribution in [0.15, 0.2) is 36.5 Å². The largest absolute Gasteiger partial charge is 0.0988 e. The third kappa shape index (κ3) is 7.53. The predicted molar refractivity (Wildman–Crippen MR) is 89.0 cm³/mol. The van der Waals surface area contributed by atoms with Crippen LogP contribution in [0.2, 0.25) is 0 Å². The molecule has 0 aliphatic heterocycles. The Bertz CT molecular complexity index is 196. The van der Waals surface area contributed by atoms with E-state index in [-0.39, 0.29) is 0 Å². The van der Waals surface area contributed by atoms with Crippen LogP contribution in [0, 0.1) is 11.8 Å². The van der Waals surface area contributed by atoms with E-state index in [2.05, 4.69) is 27.0 Å². The van der Waals surface area contributed by atoms with Crippen molar-refractivity contribution in [3.8, 4) is 0 Å². The fraction of sp³-hybridized carbons (Fsp3) is 0.667. The van der Waals surface area contributed by atoms with Crippen molar-refractivity contribution in [2.75, 3.05) is 0 Å². The lowest BCUT2D eigenvalue weighted by atomic mass is 9.78. The van der Waals surface area contributed by atoms with Gasteiger partial charge in [-0.3, -0.25) is 0 Å². The minimum Gasteiger partial charge on any atom is -0.0988 e. The lowest BCUT2D eigenvalue weighted by Crippen LogP contribution is -2.13. The van der Waals surface area contributed by atoms with Crippen molar-refractivity contribution < 1.29 is 0 Å². The Labute approximate surface area is 117 Å². The quantitative estimate of drug-likeness (QED) is 0.507. The molecule has 1 aliphatic carbocycles. The highest BCUT2D eigenvalue weighted by Crippen LogP contribution is 2.34. The fourth-order valence-electron chi connectivity index (χ4n) is 2.02. The first-order valence-electron chi connectivity index (χ1n) is 7.69. The van der Waals surface area contributed by atoms with Gasteiger partial charge in [-0.15, -0.1) is 0 Å². The maximum absolute atomic E-state index is 3.86. The SMILES string of the molecule is C=CC1=C(C=C)C(C)CCC1C.CC.CC.CC. The first-order valence-corrected chi connectivity index (χ1v) is 7.69. The minimum atomic E-state index is 0.673. The highest BCUT2D eigenvalue weighted by Gasteiger charge is 2.20. The summed E-state index contributed by atoms with van der Waals surface area (Å²) >= 11 is 0. The van der Waals surface area contributed by atoms with E-state index in [4.69, 9.17) is 0 Å². The maximum Gasteiger partial charge on any atom is -0.0188 e. The van der Waals surface area contributed by atoms with Crippen LogP contribution in [0.3, 0.4) is 0 Å². The first kappa shape index (κ1) is 22.4. The summed E-state index contributed by atoms with van der Waals surface area (Å²) in [6.45, 7) is 24.3. The molecule has 0 aromatic rings. The van der Waals surface area contributed by atoms with Gasteiger partial charge in [0.25, 0.3) is 0 Å². The molecule has 0 aromatic carbocycles. The number of allylic oxidation sites excluding steroid dienone is 4. The second-order valence-corrected chi connectivity index (χ2v) is 3.70. The van der Waals surface area contributed by atoms with Crippen LogP contribution in [0.4, 0.5) is 0 Å². The van der Waals surface area contributed by atoms with E-state index in [1.54, 1.807) is 0 Å². The van der Waals surface area contributed by atoms with Gasteiger partial charge in [-0.05, 0) is 35.8 Å². The Morgan fingerprint density at radius 2 is 0.944 bits per heavy atom. The van der Waals surface area contributed by atoms with Gasteiger partial charge >= 0.3 is 0 Å². The fourth-order valence-corrected chi connectivity index (χ4v) is 2.02. The van der Waals surface area contributed by atoms with Crippen molar-refractivity contribution in [3.63, 3.8) is 0 Å². The summed E-state index contributed by atoms with van der Waals surface area (Å²) in [4.78, 5) is 0. The molecule has 1 aliphatic rings. The van der Waals surface area contributed by atoms with E-state index in [0.29, 0.717) is 11.8 Å². The molecule has 0 bridgehead atoms. The van der Waals surface area contributed by atoms with E-state index in [1.165, 1.54) is 24.0 Å². The molecule has 0 heterocycles. The second-order valence-electron chi connectivity index (χ2n) is 3.70. The molecule has 0 amide bonds. The van der Waals surface area contributed by atoms with Crippen molar-refractivity contribution in [1.82, 2.24) is 0 Å². The van der Waals surface area contributed by atoms with Crippen LogP contribution in [0.5, 0.6) is 0 Å². The minimum absolute atomic E-state index is 0.673. The van der Waals surface area contributed by atoms with Crippen LogP contribution < -0.4 is 0 Å². The molecule has 0 saturated heterocycles. The van der Waals surface area contributed by atoms with Gasteiger partial charge in [0, 0.05) is 0 Å². The second kappa shape index (κ2) is 16.2. The molecule has 0 radical (unpaired) electrons. The molecule has 108 valence electrons. The lowest BCUT2D eigenvalue weighted by molar-refractivity contribution is 0.471. The van der Waals surface area contributed by atoms with E-state index in [1.807, 2.05) is 53.7 Å². The van der Waals surface area contributed by atoms with Crippen molar-refractivity contribution in [1.29, 1.82) is 0 Å². The molecule has 0 spiro atoms. The van der Waals surface area contributed by atoms with E-state index in [0.717, 1.165) is 0 Å². The van der Waals surface area contributed by atoms with Gasteiger partial charge in [0.2, 0.25) is 0 Å². The normalized spacial score (nSPS) is 21.1. The molecule has 0 heteroatoms. The van der Waals surface area contributed by atoms with Crippen LogP contribution in [0.25, 0.3) is 0 Å². The number of hydrogen-bond acceptors (Lipinski definition) is 0. The van der Waals surface area contributed by atoms with Crippen LogP contribution >= 0.6 is 0 Å². The summed E-state index contributed by atoms with van der Waals surface area (Å²) in [5.74, 6) is 1.35. The zero-order chi connectivity index (χ0) is 15.1. The van der Waals surface area contributed by atoms with E-state index >= 15 is 0 Å². The standard InChI is InChI=1S/C12H18.3C2H6/c1-5-11-9(3)7-8-10(4)12(11)6-2;3*1-2/h5-6,9-10H,1-2,7-8H2,3-4H3;3*1-2H3. The molecule has 18 heavy (non-hydrogen) atoms. The Balaban J connectivity index is -0.000000328. The zero-order valence-electron chi connectivity index (χ0n) is 14.1. The van der Waals surface area contributed by atoms with Gasteiger partial charge in [0.05, 0.1) is 0 Å². The molecular weight excluding hydrogens is 216 g/mol. The monoisotopic (exact) mass is 252 g/mol. The summed E-state index contributed by atoms with van der Waals surface area (Å²) in [5, 5.41) is 0. The molecule has 0 aromatic heterocycles. The molecule has 2 atom stereocenters. The first-order chi connectivity index (χ1) is 8.70. The van der Waals surface area contributed by atoms with Gasteiger partial charge in [-0.1, -0.05) is 80.7 Å². The maximum atomic E-state index is 3.86. The average Bonchev–Trinajstić information content (AvgIpc) is 2.47. The topological polar surface area (TPSA) is 0 Å². The van der Waals surface area contributed by atoms with Gasteiger partial charge in [-0.25, -0.2) is 0 Å². The third-order valence-corrected chi connectivity index (χ3v) is 2.87. The molecule has 2 unspecified atom stereocenters. The molecule has 0 nitrogen and oxygen atoms in total. The molecular formula is C18H36. The van der Waals surface area contributed by atoms with Crippen molar-refractivity contribution in [2.45, 2.75) is 68.2 Å². The summed E-state index contributed by atoms with van der Waals surface area (Å²) in [5.41, 5.74) is 2.81. The third-order valence-electron chi connectivity index (χ3n) is 2.87. The van der Waals surface area contributed by atoms with Gasteiger partial charge in [0.15, 0.2) is 0 Å². The Morgan fingerprint density at radius 1 is 0.722 bits per heavy atom. The molecule has 0 saturated carbocycles. The molecule has 0 fully saturated rings. The summed E-state index contributed by atoms with van der Waals surface area (Å²) in [6.07, 6.45) is 6.58. The Morgan fingerprint density at radius 3 is 1.11 bits per heavy atom. The Kier molecular flexibility index (Phi) is 20.2. The summed E-state index contributed by atoms with van der Waals surface area (Å²) in [7, 11) is 0. The number of hydrogen-bond donors (Lipinski definition) is 0. The number of rotatable bonds is 2. The van der Waals surface area contributed by atoms with Crippen LogP contribution in [0.1, 0.15) is 68.2 Å². The van der Waals surface area contributed by atoms with Crippen molar-refractivity contribution in [3.05, 3.63) is 36.5 Å². The summed E-state index contributed by atoms with van der Waals surface area (Å²) in [6, 6.07) is 0. The van der Waals surface area contributed by atoms with Gasteiger partial charge in [0.1, 0.15) is 0 Å². The highest BCUT2D eigenvalue weighted by atomic mass is 14.3. The van der Waals surface area contributed by atoms with Gasteiger partial charge in [-0.2, -0.15) is 0 Å². The molecule has 1 rings (SSSR count). The highest BCUT2D eigenvalue weighted by molar-refractivity contribution is 5.36. The van der Waals surface area contributed by atoms with E-state index in [9.17, 15) is 0 Å². The average molecular weight is 252 g/mol. The van der Waals surface area contributed by atoms with Crippen molar-refractivity contribution in [2.24, 2.45) is 11.8 Å².